The van der Waals surface area contributed by atoms with E-state index in [9.17, 15) is 18.0 Å². The highest BCUT2D eigenvalue weighted by atomic mass is 35.5. The predicted molar refractivity (Wildman–Crippen MR) is 94.8 cm³/mol. The number of nitrogens with zero attached hydrogens (tertiary/aromatic N) is 1. The molecular weight excluding hydrogens is 369 g/mol. The van der Waals surface area contributed by atoms with Gasteiger partial charge in [0.1, 0.15) is 5.75 Å². The summed E-state index contributed by atoms with van der Waals surface area (Å²) < 4.78 is 40.7. The number of ether oxygens (including phenoxy) is 1. The number of benzene rings is 2. The largest absolute Gasteiger partial charge is 0.573 e. The lowest BCUT2D eigenvalue weighted by Gasteiger charge is -2.20. The van der Waals surface area contributed by atoms with Crippen molar-refractivity contribution < 1.29 is 22.7 Å². The molecule has 0 bridgehead atoms. The quantitative estimate of drug-likeness (QED) is 0.812. The molecule has 0 spiro atoms. The zero-order chi connectivity index (χ0) is 18.4. The van der Waals surface area contributed by atoms with E-state index in [1.807, 2.05) is 30.3 Å². The van der Waals surface area contributed by atoms with Crippen LogP contribution in [0.4, 0.5) is 13.2 Å². The zero-order valence-electron chi connectivity index (χ0n) is 14.1. The fourth-order valence-corrected chi connectivity index (χ4v) is 2.37. The summed E-state index contributed by atoms with van der Waals surface area (Å²) >= 11 is 0. The van der Waals surface area contributed by atoms with Crippen molar-refractivity contribution in [1.29, 1.82) is 0 Å². The molecule has 0 saturated carbocycles. The summed E-state index contributed by atoms with van der Waals surface area (Å²) in [5.41, 5.74) is 7.41. The average Bonchev–Trinajstić information content (AvgIpc) is 2.54. The third-order valence-electron chi connectivity index (χ3n) is 3.60. The highest BCUT2D eigenvalue weighted by Gasteiger charge is 2.31. The summed E-state index contributed by atoms with van der Waals surface area (Å²) in [5.74, 6) is -0.509. The second kappa shape index (κ2) is 9.45. The molecule has 2 N–H and O–H groups in total. The Morgan fingerprint density at radius 2 is 1.81 bits per heavy atom. The monoisotopic (exact) mass is 388 g/mol. The van der Waals surface area contributed by atoms with Crippen molar-refractivity contribution in [3.63, 3.8) is 0 Å². The van der Waals surface area contributed by atoms with Crippen LogP contribution < -0.4 is 10.5 Å². The lowest BCUT2D eigenvalue weighted by molar-refractivity contribution is -0.274. The van der Waals surface area contributed by atoms with Gasteiger partial charge < -0.3 is 15.4 Å². The summed E-state index contributed by atoms with van der Waals surface area (Å²) in [5, 5.41) is 0. The van der Waals surface area contributed by atoms with Gasteiger partial charge in [-0.3, -0.25) is 4.79 Å². The van der Waals surface area contributed by atoms with Gasteiger partial charge in [-0.05, 0) is 23.3 Å². The molecule has 4 nitrogen and oxygen atoms in total. The van der Waals surface area contributed by atoms with Crippen LogP contribution in [0.15, 0.2) is 54.6 Å². The molecular formula is C18H20ClF3N2O2. The molecule has 0 fully saturated rings. The molecule has 1 unspecified atom stereocenters. The molecule has 26 heavy (non-hydrogen) atoms. The highest BCUT2D eigenvalue weighted by Crippen LogP contribution is 2.24. The van der Waals surface area contributed by atoms with E-state index in [4.69, 9.17) is 5.73 Å². The second-order valence-corrected chi connectivity index (χ2v) is 5.67. The van der Waals surface area contributed by atoms with Crippen molar-refractivity contribution >= 4 is 18.3 Å². The first-order valence-electron chi connectivity index (χ1n) is 7.64. The molecule has 0 aliphatic carbocycles. The number of nitrogens with two attached hydrogens (primary N) is 1. The number of hydrogen-bond acceptors (Lipinski definition) is 3. The minimum atomic E-state index is -4.75. The molecule has 8 heteroatoms. The normalized spacial score (nSPS) is 12.0. The SMILES string of the molecule is CN(Cc1cccc(OC(F)(F)F)c1)C(=O)CC(N)c1ccccc1.Cl. The van der Waals surface area contributed by atoms with E-state index in [-0.39, 0.29) is 37.0 Å². The van der Waals surface area contributed by atoms with Crippen molar-refractivity contribution in [3.8, 4) is 5.75 Å². The van der Waals surface area contributed by atoms with E-state index < -0.39 is 12.4 Å². The van der Waals surface area contributed by atoms with Crippen LogP contribution in [-0.2, 0) is 11.3 Å². The maximum Gasteiger partial charge on any atom is 0.573 e. The fourth-order valence-electron chi connectivity index (χ4n) is 2.37. The van der Waals surface area contributed by atoms with Gasteiger partial charge in [0.05, 0.1) is 0 Å². The Morgan fingerprint density at radius 1 is 1.15 bits per heavy atom. The van der Waals surface area contributed by atoms with Crippen molar-refractivity contribution in [2.45, 2.75) is 25.4 Å². The summed E-state index contributed by atoms with van der Waals surface area (Å²) in [6, 6.07) is 14.3. The Morgan fingerprint density at radius 3 is 2.42 bits per heavy atom. The molecule has 0 aromatic heterocycles. The van der Waals surface area contributed by atoms with Crippen LogP contribution in [0.1, 0.15) is 23.6 Å². The van der Waals surface area contributed by atoms with Gasteiger partial charge >= 0.3 is 6.36 Å². The minimum absolute atomic E-state index is 0. The van der Waals surface area contributed by atoms with E-state index in [0.717, 1.165) is 5.56 Å². The van der Waals surface area contributed by atoms with E-state index in [1.165, 1.54) is 23.1 Å². The van der Waals surface area contributed by atoms with Crippen molar-refractivity contribution in [2.24, 2.45) is 5.73 Å². The van der Waals surface area contributed by atoms with Gasteiger partial charge in [-0.15, -0.1) is 25.6 Å². The standard InChI is InChI=1S/C18H19F3N2O2.ClH/c1-23(17(24)11-16(22)14-7-3-2-4-8-14)12-13-6-5-9-15(10-13)25-18(19,20)21;/h2-10,16H,11-12,22H2,1H3;1H. The van der Waals surface area contributed by atoms with Gasteiger partial charge in [0.25, 0.3) is 0 Å². The molecule has 2 aromatic carbocycles. The molecule has 0 radical (unpaired) electrons. The van der Waals surface area contributed by atoms with Gasteiger partial charge in [-0.1, -0.05) is 42.5 Å². The molecule has 0 heterocycles. The number of alkyl halides is 3. The third kappa shape index (κ3) is 6.93. The Bertz CT molecular complexity index is 711. The molecule has 0 aliphatic rings. The van der Waals surface area contributed by atoms with Crippen molar-refractivity contribution in [1.82, 2.24) is 4.90 Å². The second-order valence-electron chi connectivity index (χ2n) is 5.67. The molecule has 142 valence electrons. The molecule has 2 aromatic rings. The summed E-state index contributed by atoms with van der Waals surface area (Å²) in [6.45, 7) is 0.162. The summed E-state index contributed by atoms with van der Waals surface area (Å²) in [6.07, 6.45) is -4.64. The van der Waals surface area contributed by atoms with Crippen LogP contribution in [0.25, 0.3) is 0 Å². The summed E-state index contributed by atoms with van der Waals surface area (Å²) in [7, 11) is 1.58. The number of carbonyl (C=O) groups is 1. The van der Waals surface area contributed by atoms with Crippen molar-refractivity contribution in [2.75, 3.05) is 7.05 Å². The number of rotatable bonds is 6. The molecule has 2 rings (SSSR count). The van der Waals surface area contributed by atoms with Gasteiger partial charge in [0.2, 0.25) is 5.91 Å². The zero-order valence-corrected chi connectivity index (χ0v) is 14.9. The highest BCUT2D eigenvalue weighted by molar-refractivity contribution is 5.85. The van der Waals surface area contributed by atoms with Crippen LogP contribution >= 0.6 is 12.4 Å². The van der Waals surface area contributed by atoms with Crippen LogP contribution in [0.2, 0.25) is 0 Å². The number of amides is 1. The van der Waals surface area contributed by atoms with E-state index >= 15 is 0 Å². The Balaban J connectivity index is 0.00000338. The number of carbonyl (C=O) groups excluding carboxylic acids is 1. The average molecular weight is 389 g/mol. The maximum absolute atomic E-state index is 12.3. The first-order valence-corrected chi connectivity index (χ1v) is 7.64. The van der Waals surface area contributed by atoms with E-state index in [1.54, 1.807) is 13.1 Å². The van der Waals surface area contributed by atoms with Crippen molar-refractivity contribution in [3.05, 3.63) is 65.7 Å². The molecule has 0 aliphatic heterocycles. The Hall–Kier alpha value is -2.25. The first-order chi connectivity index (χ1) is 11.7. The molecule has 1 atom stereocenters. The first kappa shape index (κ1) is 21.8. The third-order valence-corrected chi connectivity index (χ3v) is 3.60. The lowest BCUT2D eigenvalue weighted by atomic mass is 10.0. The Labute approximate surface area is 156 Å². The fraction of sp³-hybridized carbons (Fsp3) is 0.278. The van der Waals surface area contributed by atoms with Gasteiger partial charge in [-0.25, -0.2) is 0 Å². The smallest absolute Gasteiger partial charge is 0.406 e. The van der Waals surface area contributed by atoms with Gasteiger partial charge in [0.15, 0.2) is 0 Å². The van der Waals surface area contributed by atoms with Gasteiger partial charge in [0, 0.05) is 26.1 Å². The molecule has 1 amide bonds. The lowest BCUT2D eigenvalue weighted by Crippen LogP contribution is -2.29. The predicted octanol–water partition coefficient (Wildman–Crippen LogP) is 4.06. The van der Waals surface area contributed by atoms with Gasteiger partial charge in [-0.2, -0.15) is 0 Å². The molecule has 0 saturated heterocycles. The maximum atomic E-state index is 12.3. The Kier molecular flexibility index (Phi) is 7.92. The number of halogens is 4. The minimum Gasteiger partial charge on any atom is -0.406 e. The van der Waals surface area contributed by atoms with Crippen LogP contribution in [0, 0.1) is 0 Å². The van der Waals surface area contributed by atoms with Crippen LogP contribution in [-0.4, -0.2) is 24.2 Å². The topological polar surface area (TPSA) is 55.6 Å². The summed E-state index contributed by atoms with van der Waals surface area (Å²) in [4.78, 5) is 13.7. The van der Waals surface area contributed by atoms with E-state index in [0.29, 0.717) is 5.56 Å². The van der Waals surface area contributed by atoms with Crippen LogP contribution in [0.5, 0.6) is 5.75 Å². The number of hydrogen-bond donors (Lipinski definition) is 1. The van der Waals surface area contributed by atoms with Crippen LogP contribution in [0.3, 0.4) is 0 Å². The van der Waals surface area contributed by atoms with E-state index in [2.05, 4.69) is 4.74 Å².